The third-order valence-electron chi connectivity index (χ3n) is 4.72. The Labute approximate surface area is 123 Å². The van der Waals surface area contributed by atoms with Crippen molar-refractivity contribution < 1.29 is 4.92 Å². The molecule has 0 aromatic heterocycles. The van der Waals surface area contributed by atoms with Crippen LogP contribution in [0.2, 0.25) is 5.02 Å². The number of hydrogen-bond acceptors (Lipinski definition) is 3. The highest BCUT2D eigenvalue weighted by Gasteiger charge is 2.35. The molecule has 3 rings (SSSR count). The highest BCUT2D eigenvalue weighted by Crippen LogP contribution is 2.37. The van der Waals surface area contributed by atoms with E-state index < -0.39 is 4.92 Å². The Morgan fingerprint density at radius 3 is 2.90 bits per heavy atom. The van der Waals surface area contributed by atoms with Crippen molar-refractivity contribution in [3.63, 3.8) is 0 Å². The number of nitro benzene ring substituents is 1. The Morgan fingerprint density at radius 1 is 1.30 bits per heavy atom. The summed E-state index contributed by atoms with van der Waals surface area (Å²) in [5, 5.41) is 11.2. The smallest absolute Gasteiger partial charge is 0.288 e. The third kappa shape index (κ3) is 2.67. The van der Waals surface area contributed by atoms with Crippen molar-refractivity contribution in [3.8, 4) is 0 Å². The number of fused-ring (bicyclic) bond motifs is 1. The molecule has 5 heteroatoms. The number of halogens is 1. The molecule has 2 fully saturated rings. The zero-order valence-electron chi connectivity index (χ0n) is 11.4. The Kier molecular flexibility index (Phi) is 3.94. The molecule has 4 nitrogen and oxygen atoms in total. The number of likely N-dealkylation sites (tertiary alicyclic amines) is 1. The molecule has 20 heavy (non-hydrogen) atoms. The van der Waals surface area contributed by atoms with Gasteiger partial charge in [-0.25, -0.2) is 0 Å². The third-order valence-corrected chi connectivity index (χ3v) is 5.04. The van der Waals surface area contributed by atoms with Crippen molar-refractivity contribution in [1.82, 2.24) is 4.90 Å². The maximum absolute atomic E-state index is 10.9. The predicted octanol–water partition coefficient (Wildman–Crippen LogP) is 4.01. The number of nitro groups is 1. The lowest BCUT2D eigenvalue weighted by molar-refractivity contribution is -0.384. The summed E-state index contributed by atoms with van der Waals surface area (Å²) in [6.45, 7) is 1.92. The van der Waals surface area contributed by atoms with Gasteiger partial charge in [0.1, 0.15) is 5.02 Å². The van der Waals surface area contributed by atoms with Gasteiger partial charge in [0.05, 0.1) is 4.92 Å². The fraction of sp³-hybridized carbons (Fsp3) is 0.600. The maximum atomic E-state index is 10.9. The number of nitrogens with zero attached hydrogens (tertiary/aromatic N) is 2. The minimum atomic E-state index is -0.404. The first kappa shape index (κ1) is 13.8. The highest BCUT2D eigenvalue weighted by molar-refractivity contribution is 6.32. The van der Waals surface area contributed by atoms with Gasteiger partial charge in [-0.1, -0.05) is 30.5 Å². The lowest BCUT2D eigenvalue weighted by Crippen LogP contribution is -2.34. The first-order valence-electron chi connectivity index (χ1n) is 7.32. The fourth-order valence-electron chi connectivity index (χ4n) is 3.73. The van der Waals surface area contributed by atoms with Crippen LogP contribution >= 0.6 is 11.6 Å². The summed E-state index contributed by atoms with van der Waals surface area (Å²) >= 11 is 5.86. The second kappa shape index (κ2) is 5.70. The van der Waals surface area contributed by atoms with Crippen molar-refractivity contribution >= 4 is 17.3 Å². The van der Waals surface area contributed by atoms with Gasteiger partial charge in [-0.3, -0.25) is 15.0 Å². The number of hydrogen-bond donors (Lipinski definition) is 0. The predicted molar refractivity (Wildman–Crippen MR) is 78.9 cm³/mol. The molecule has 1 aliphatic carbocycles. The fourth-order valence-corrected chi connectivity index (χ4v) is 3.92. The summed E-state index contributed by atoms with van der Waals surface area (Å²) in [6, 6.07) is 5.85. The molecular formula is C15H19ClN2O2. The van der Waals surface area contributed by atoms with E-state index in [2.05, 4.69) is 4.90 Å². The Morgan fingerprint density at radius 2 is 2.10 bits per heavy atom. The van der Waals surface area contributed by atoms with Crippen LogP contribution in [0.5, 0.6) is 0 Å². The maximum Gasteiger partial charge on any atom is 0.288 e. The van der Waals surface area contributed by atoms with Gasteiger partial charge >= 0.3 is 0 Å². The SMILES string of the molecule is O=[N+]([O-])c1cc(CN2CCC3CCCCC32)ccc1Cl. The lowest BCUT2D eigenvalue weighted by Gasteiger charge is -2.31. The first-order chi connectivity index (χ1) is 9.65. The van der Waals surface area contributed by atoms with Crippen LogP contribution in [-0.2, 0) is 6.54 Å². The topological polar surface area (TPSA) is 46.4 Å². The van der Waals surface area contributed by atoms with Crippen molar-refractivity contribution in [3.05, 3.63) is 38.9 Å². The van der Waals surface area contributed by atoms with Crippen molar-refractivity contribution in [1.29, 1.82) is 0 Å². The van der Waals surface area contributed by atoms with E-state index in [0.717, 1.165) is 24.6 Å². The normalized spacial score (nSPS) is 26.4. The summed E-state index contributed by atoms with van der Waals surface area (Å²) in [7, 11) is 0. The molecule has 0 spiro atoms. The molecule has 0 N–H and O–H groups in total. The second-order valence-corrected chi connectivity index (χ2v) is 6.32. The molecule has 0 bridgehead atoms. The number of rotatable bonds is 3. The average Bonchev–Trinajstić information content (AvgIpc) is 2.84. The zero-order chi connectivity index (χ0) is 14.1. The molecule has 1 aliphatic heterocycles. The van der Waals surface area contributed by atoms with Crippen molar-refractivity contribution in [2.45, 2.75) is 44.7 Å². The van der Waals surface area contributed by atoms with Gasteiger partial charge in [0, 0.05) is 18.7 Å². The lowest BCUT2D eigenvalue weighted by atomic mass is 9.85. The van der Waals surface area contributed by atoms with E-state index in [-0.39, 0.29) is 10.7 Å². The van der Waals surface area contributed by atoms with E-state index in [0.29, 0.717) is 6.04 Å². The highest BCUT2D eigenvalue weighted by atomic mass is 35.5. The number of benzene rings is 1. The van der Waals surface area contributed by atoms with E-state index in [9.17, 15) is 10.1 Å². The zero-order valence-corrected chi connectivity index (χ0v) is 12.2. The summed E-state index contributed by atoms with van der Waals surface area (Å²) in [5.41, 5.74) is 1.01. The molecule has 2 unspecified atom stereocenters. The van der Waals surface area contributed by atoms with Crippen LogP contribution in [0.4, 0.5) is 5.69 Å². The van der Waals surface area contributed by atoms with Crippen LogP contribution in [0.3, 0.4) is 0 Å². The molecule has 108 valence electrons. The quantitative estimate of drug-likeness (QED) is 0.625. The minimum absolute atomic E-state index is 0.0172. The molecule has 2 atom stereocenters. The first-order valence-corrected chi connectivity index (χ1v) is 7.70. The van der Waals surface area contributed by atoms with Crippen LogP contribution in [0.25, 0.3) is 0 Å². The molecule has 2 aliphatic rings. The molecule has 1 aromatic carbocycles. The van der Waals surface area contributed by atoms with Gasteiger partial charge in [-0.2, -0.15) is 0 Å². The molecule has 0 radical (unpaired) electrons. The van der Waals surface area contributed by atoms with Crippen molar-refractivity contribution in [2.75, 3.05) is 6.54 Å². The summed E-state index contributed by atoms with van der Waals surface area (Å²) < 4.78 is 0. The molecule has 1 saturated carbocycles. The Bertz CT molecular complexity index is 521. The largest absolute Gasteiger partial charge is 0.296 e. The van der Waals surface area contributed by atoms with Crippen LogP contribution in [0.15, 0.2) is 18.2 Å². The summed E-state index contributed by atoms with van der Waals surface area (Å²) in [5.74, 6) is 0.839. The van der Waals surface area contributed by atoms with E-state index >= 15 is 0 Å². The van der Waals surface area contributed by atoms with E-state index in [1.54, 1.807) is 12.1 Å². The van der Waals surface area contributed by atoms with E-state index in [1.165, 1.54) is 32.1 Å². The van der Waals surface area contributed by atoms with Gasteiger partial charge in [-0.05, 0) is 43.4 Å². The van der Waals surface area contributed by atoms with Crippen LogP contribution in [0, 0.1) is 16.0 Å². The van der Waals surface area contributed by atoms with Gasteiger partial charge in [0.15, 0.2) is 0 Å². The van der Waals surface area contributed by atoms with Crippen LogP contribution in [0.1, 0.15) is 37.7 Å². The van der Waals surface area contributed by atoms with Crippen LogP contribution in [-0.4, -0.2) is 22.4 Å². The Balaban J connectivity index is 1.74. The van der Waals surface area contributed by atoms with Gasteiger partial charge in [0.25, 0.3) is 5.69 Å². The monoisotopic (exact) mass is 294 g/mol. The van der Waals surface area contributed by atoms with Crippen molar-refractivity contribution in [2.24, 2.45) is 5.92 Å². The van der Waals surface area contributed by atoms with Gasteiger partial charge < -0.3 is 0 Å². The Hall–Kier alpha value is -1.13. The molecule has 1 saturated heterocycles. The van der Waals surface area contributed by atoms with E-state index in [1.807, 2.05) is 6.07 Å². The standard InChI is InChI=1S/C15H19ClN2O2/c16-13-6-5-11(9-15(13)18(19)20)10-17-8-7-12-3-1-2-4-14(12)17/h5-6,9,12,14H,1-4,7-8,10H2. The summed E-state index contributed by atoms with van der Waals surface area (Å²) in [6.07, 6.45) is 6.59. The minimum Gasteiger partial charge on any atom is -0.296 e. The molecular weight excluding hydrogens is 276 g/mol. The average molecular weight is 295 g/mol. The van der Waals surface area contributed by atoms with Crippen LogP contribution < -0.4 is 0 Å². The summed E-state index contributed by atoms with van der Waals surface area (Å²) in [4.78, 5) is 13.0. The molecule has 1 heterocycles. The van der Waals surface area contributed by atoms with Gasteiger partial charge in [0.2, 0.25) is 0 Å². The molecule has 0 amide bonds. The van der Waals surface area contributed by atoms with Gasteiger partial charge in [-0.15, -0.1) is 0 Å². The molecule has 1 aromatic rings. The van der Waals surface area contributed by atoms with E-state index in [4.69, 9.17) is 11.6 Å². The second-order valence-electron chi connectivity index (χ2n) is 5.91.